The molecule has 5 atom stereocenters. The van der Waals surface area contributed by atoms with E-state index < -0.39 is 55.1 Å². The van der Waals surface area contributed by atoms with Crippen molar-refractivity contribution in [1.29, 1.82) is 0 Å². The number of rotatable bonds is 8. The molecule has 0 bridgehead atoms. The first kappa shape index (κ1) is 23.3. The minimum atomic E-state index is -4.84. The SMILES string of the molecule is CC1(C)[C@@H]2[C@@H](C(=O)NC(CC3CCNC3=O)C(N)=O)N(C(=O)CCOC(F)(F)F)C[C@@H]21. The Hall–Kier alpha value is -2.37. The Labute approximate surface area is 177 Å². The fourth-order valence-corrected chi connectivity index (χ4v) is 4.90. The van der Waals surface area contributed by atoms with Gasteiger partial charge in [0.05, 0.1) is 13.0 Å². The molecule has 0 spiro atoms. The average molecular weight is 448 g/mol. The van der Waals surface area contributed by atoms with E-state index in [1.807, 2.05) is 13.8 Å². The van der Waals surface area contributed by atoms with Crippen LogP contribution in [0.15, 0.2) is 0 Å². The maximum atomic E-state index is 13.1. The Morgan fingerprint density at radius 2 is 2.03 bits per heavy atom. The van der Waals surface area contributed by atoms with Crippen molar-refractivity contribution >= 4 is 23.6 Å². The van der Waals surface area contributed by atoms with Crippen LogP contribution in [0.5, 0.6) is 0 Å². The average Bonchev–Trinajstić information content (AvgIpc) is 3.00. The van der Waals surface area contributed by atoms with E-state index in [9.17, 15) is 32.3 Å². The highest BCUT2D eigenvalue weighted by atomic mass is 19.4. The molecule has 2 unspecified atom stereocenters. The molecule has 0 radical (unpaired) electrons. The van der Waals surface area contributed by atoms with Gasteiger partial charge in [-0.15, -0.1) is 13.2 Å². The molecule has 9 nitrogen and oxygen atoms in total. The molecule has 2 aliphatic heterocycles. The maximum absolute atomic E-state index is 13.1. The van der Waals surface area contributed by atoms with Gasteiger partial charge in [0.15, 0.2) is 0 Å². The van der Waals surface area contributed by atoms with Crippen LogP contribution < -0.4 is 16.4 Å². The Kier molecular flexibility index (Phi) is 6.23. The van der Waals surface area contributed by atoms with Crippen molar-refractivity contribution in [3.8, 4) is 0 Å². The maximum Gasteiger partial charge on any atom is 0.522 e. The number of hydrogen-bond acceptors (Lipinski definition) is 5. The summed E-state index contributed by atoms with van der Waals surface area (Å²) in [6, 6.07) is -2.01. The number of carbonyl (C=O) groups is 4. The molecule has 0 aromatic carbocycles. The van der Waals surface area contributed by atoms with Gasteiger partial charge in [-0.25, -0.2) is 0 Å². The van der Waals surface area contributed by atoms with Gasteiger partial charge in [-0.2, -0.15) is 0 Å². The number of fused-ring (bicyclic) bond motifs is 1. The molecule has 1 saturated carbocycles. The summed E-state index contributed by atoms with van der Waals surface area (Å²) in [5, 5.41) is 5.22. The smallest absolute Gasteiger partial charge is 0.368 e. The van der Waals surface area contributed by atoms with Crippen molar-refractivity contribution < 1.29 is 37.1 Å². The number of primary amides is 1. The molecule has 3 aliphatic rings. The standard InChI is InChI=1S/C19H27F3N4O5/c1-18(2)10-8-26(12(27)4-6-31-19(20,21)22)14(13(10)18)17(30)25-11(15(23)28)7-9-3-5-24-16(9)29/h9-11,13-14H,3-8H2,1-2H3,(H2,23,28)(H,24,29)(H,25,30)/t9?,10-,11?,13-,14-/m0/s1. The molecule has 3 fully saturated rings. The molecule has 0 aromatic heterocycles. The van der Waals surface area contributed by atoms with Crippen LogP contribution >= 0.6 is 0 Å². The second-order valence-corrected chi connectivity index (χ2v) is 8.96. The van der Waals surface area contributed by atoms with Gasteiger partial charge in [0, 0.05) is 19.0 Å². The van der Waals surface area contributed by atoms with Crippen molar-refractivity contribution in [2.45, 2.75) is 51.6 Å². The van der Waals surface area contributed by atoms with E-state index in [4.69, 9.17) is 5.73 Å². The predicted octanol–water partition coefficient (Wildman–Crippen LogP) is -0.108. The minimum absolute atomic E-state index is 0.0309. The largest absolute Gasteiger partial charge is 0.522 e. The van der Waals surface area contributed by atoms with Crippen LogP contribution in [0.1, 0.15) is 33.1 Å². The van der Waals surface area contributed by atoms with E-state index in [0.29, 0.717) is 13.0 Å². The monoisotopic (exact) mass is 448 g/mol. The number of likely N-dealkylation sites (tertiary alicyclic amines) is 1. The second kappa shape index (κ2) is 8.29. The van der Waals surface area contributed by atoms with Gasteiger partial charge in [0.2, 0.25) is 23.6 Å². The first-order chi connectivity index (χ1) is 14.3. The lowest BCUT2D eigenvalue weighted by Crippen LogP contribution is -2.55. The van der Waals surface area contributed by atoms with Crippen LogP contribution in [0, 0.1) is 23.2 Å². The number of amides is 4. The number of hydrogen-bond donors (Lipinski definition) is 3. The minimum Gasteiger partial charge on any atom is -0.368 e. The summed E-state index contributed by atoms with van der Waals surface area (Å²) >= 11 is 0. The molecule has 4 N–H and O–H groups in total. The summed E-state index contributed by atoms with van der Waals surface area (Å²) in [5.41, 5.74) is 5.20. The number of halogens is 3. The molecule has 1 aliphatic carbocycles. The Morgan fingerprint density at radius 3 is 2.58 bits per heavy atom. The number of ether oxygens (including phenoxy) is 1. The molecule has 2 saturated heterocycles. The third kappa shape index (κ3) is 4.94. The Bertz CT molecular complexity index is 772. The number of carbonyl (C=O) groups excluding carboxylic acids is 4. The van der Waals surface area contributed by atoms with Crippen LogP contribution in [0.4, 0.5) is 13.2 Å². The molecule has 0 aromatic rings. The zero-order valence-corrected chi connectivity index (χ0v) is 17.3. The lowest BCUT2D eigenvalue weighted by atomic mass is 9.96. The van der Waals surface area contributed by atoms with E-state index in [2.05, 4.69) is 15.4 Å². The van der Waals surface area contributed by atoms with Gasteiger partial charge in [0.1, 0.15) is 12.1 Å². The summed E-state index contributed by atoms with van der Waals surface area (Å²) in [5.74, 6) is -2.83. The van der Waals surface area contributed by atoms with E-state index in [0.717, 1.165) is 0 Å². The predicted molar refractivity (Wildman–Crippen MR) is 99.7 cm³/mol. The van der Waals surface area contributed by atoms with E-state index in [-0.39, 0.29) is 36.1 Å². The molecule has 31 heavy (non-hydrogen) atoms. The molecular formula is C19H27F3N4O5. The fourth-order valence-electron chi connectivity index (χ4n) is 4.90. The van der Waals surface area contributed by atoms with Crippen molar-refractivity contribution in [2.24, 2.45) is 28.9 Å². The zero-order valence-electron chi connectivity index (χ0n) is 17.3. The number of nitrogens with zero attached hydrogens (tertiary/aromatic N) is 1. The Morgan fingerprint density at radius 1 is 1.35 bits per heavy atom. The highest BCUT2D eigenvalue weighted by molar-refractivity contribution is 5.93. The lowest BCUT2D eigenvalue weighted by molar-refractivity contribution is -0.324. The van der Waals surface area contributed by atoms with Gasteiger partial charge in [0.25, 0.3) is 0 Å². The first-order valence-electron chi connectivity index (χ1n) is 10.2. The summed E-state index contributed by atoms with van der Waals surface area (Å²) in [6.45, 7) is 3.78. The van der Waals surface area contributed by atoms with Crippen molar-refractivity contribution in [2.75, 3.05) is 19.7 Å². The number of nitrogens with two attached hydrogens (primary N) is 1. The van der Waals surface area contributed by atoms with Crippen molar-refractivity contribution in [3.05, 3.63) is 0 Å². The number of piperidine rings is 1. The molecule has 4 amide bonds. The van der Waals surface area contributed by atoms with Gasteiger partial charge in [-0.3, -0.25) is 23.9 Å². The van der Waals surface area contributed by atoms with Gasteiger partial charge in [-0.05, 0) is 30.1 Å². The number of nitrogens with one attached hydrogen (secondary N) is 2. The molecular weight excluding hydrogens is 421 g/mol. The summed E-state index contributed by atoms with van der Waals surface area (Å²) in [7, 11) is 0. The quantitative estimate of drug-likeness (QED) is 0.477. The van der Waals surface area contributed by atoms with Crippen LogP contribution in [0.3, 0.4) is 0 Å². The lowest BCUT2D eigenvalue weighted by Gasteiger charge is -2.31. The van der Waals surface area contributed by atoms with Gasteiger partial charge in [-0.1, -0.05) is 13.8 Å². The van der Waals surface area contributed by atoms with Crippen LogP contribution in [0.25, 0.3) is 0 Å². The highest BCUT2D eigenvalue weighted by Crippen LogP contribution is 2.64. The van der Waals surface area contributed by atoms with E-state index in [1.54, 1.807) is 0 Å². The normalized spacial score (nSPS) is 29.8. The number of alkyl halides is 3. The molecule has 3 rings (SSSR count). The van der Waals surface area contributed by atoms with Crippen LogP contribution in [-0.2, 0) is 23.9 Å². The summed E-state index contributed by atoms with van der Waals surface area (Å²) < 4.78 is 40.2. The third-order valence-corrected chi connectivity index (χ3v) is 6.72. The molecule has 2 heterocycles. The molecule has 174 valence electrons. The second-order valence-electron chi connectivity index (χ2n) is 8.96. The fraction of sp³-hybridized carbons (Fsp3) is 0.789. The van der Waals surface area contributed by atoms with Gasteiger partial charge < -0.3 is 21.3 Å². The highest BCUT2D eigenvalue weighted by Gasteiger charge is 2.69. The van der Waals surface area contributed by atoms with Crippen molar-refractivity contribution in [3.63, 3.8) is 0 Å². The summed E-state index contributed by atoms with van der Waals surface area (Å²) in [6.07, 6.45) is -4.80. The third-order valence-electron chi connectivity index (χ3n) is 6.72. The van der Waals surface area contributed by atoms with Crippen molar-refractivity contribution in [1.82, 2.24) is 15.5 Å². The van der Waals surface area contributed by atoms with Gasteiger partial charge >= 0.3 is 6.36 Å². The topological polar surface area (TPSA) is 131 Å². The Balaban J connectivity index is 1.67. The summed E-state index contributed by atoms with van der Waals surface area (Å²) in [4.78, 5) is 50.5. The zero-order chi connectivity index (χ0) is 23.1. The first-order valence-corrected chi connectivity index (χ1v) is 10.2. The van der Waals surface area contributed by atoms with Crippen LogP contribution in [0.2, 0.25) is 0 Å². The van der Waals surface area contributed by atoms with Crippen LogP contribution in [-0.4, -0.2) is 66.7 Å². The van der Waals surface area contributed by atoms with E-state index in [1.165, 1.54) is 4.90 Å². The van der Waals surface area contributed by atoms with E-state index >= 15 is 0 Å². The molecule has 12 heteroatoms.